The standard InChI is InChI=1S/2C18H15NO.Zn/c2*1-19-16(12-10-14-6-3-2-4-7-14)13-11-15-8-5-9-17(20)18(15)19;/h2*2-13,20H,1H2;/b2*12-10+;. The number of hydrogen-bond acceptors (Lipinski definition) is 2. The predicted octanol–water partition coefficient (Wildman–Crippen LogP) is 7.28. The monoisotopic (exact) mass is 586 g/mol. The summed E-state index contributed by atoms with van der Waals surface area (Å²) in [6, 6.07) is 39.1. The molecule has 0 fully saturated rings. The molecule has 0 spiro atoms. The summed E-state index contributed by atoms with van der Waals surface area (Å²) in [5, 5.41) is 21.9. The van der Waals surface area contributed by atoms with Gasteiger partial charge in [0, 0.05) is 33.6 Å². The molecule has 2 aromatic heterocycles. The first-order valence-corrected chi connectivity index (χ1v) is 12.9. The largest absolute Gasteiger partial charge is 0.514 e. The Morgan fingerprint density at radius 2 is 0.829 bits per heavy atom. The predicted molar refractivity (Wildman–Crippen MR) is 164 cm³/mol. The van der Waals surface area contributed by atoms with Gasteiger partial charge < -0.3 is 19.3 Å². The minimum absolute atomic E-state index is 0. The zero-order valence-electron chi connectivity index (χ0n) is 22.8. The number of benzene rings is 4. The summed E-state index contributed by atoms with van der Waals surface area (Å²) in [5.41, 5.74) is 5.60. The number of phenols is 2. The molecule has 0 aliphatic rings. The van der Waals surface area contributed by atoms with E-state index in [1.165, 1.54) is 0 Å². The van der Waals surface area contributed by atoms with Crippen LogP contribution in [-0.2, 0) is 19.5 Å². The minimum Gasteiger partial charge on any atom is -0.514 e. The molecule has 2 heterocycles. The number of hydrogen-bond donors (Lipinski definition) is 2. The molecule has 4 aromatic carbocycles. The first kappa shape index (κ1) is 29.1. The van der Waals surface area contributed by atoms with Crippen LogP contribution in [0.25, 0.3) is 46.1 Å². The van der Waals surface area contributed by atoms with Gasteiger partial charge in [0.2, 0.25) is 0 Å². The number of pyridine rings is 2. The second-order valence-electron chi connectivity index (χ2n) is 9.29. The van der Waals surface area contributed by atoms with Crippen LogP contribution >= 0.6 is 0 Å². The van der Waals surface area contributed by atoms with E-state index >= 15 is 0 Å². The quantitative estimate of drug-likeness (QED) is 0.129. The van der Waals surface area contributed by atoms with E-state index in [2.05, 4.69) is 14.1 Å². The molecule has 0 saturated heterocycles. The second-order valence-corrected chi connectivity index (χ2v) is 9.29. The molecule has 0 saturated carbocycles. The van der Waals surface area contributed by atoms with Gasteiger partial charge in [-0.05, 0) is 58.3 Å². The third-order valence-corrected chi connectivity index (χ3v) is 6.61. The maximum Gasteiger partial charge on any atom is 0.154 e. The van der Waals surface area contributed by atoms with Crippen LogP contribution in [0.5, 0.6) is 11.5 Å². The zero-order chi connectivity index (χ0) is 27.9. The number of aromatic nitrogens is 2. The molecule has 198 valence electrons. The summed E-state index contributed by atoms with van der Waals surface area (Å²) in [6.45, 7) is 0. The van der Waals surface area contributed by atoms with E-state index in [4.69, 9.17) is 0 Å². The molecule has 6 aromatic rings. The molecule has 0 aliphatic carbocycles. The van der Waals surface area contributed by atoms with Gasteiger partial charge in [0.15, 0.2) is 11.0 Å². The van der Waals surface area contributed by atoms with Crippen molar-refractivity contribution in [3.8, 4) is 11.5 Å². The molecule has 0 radical (unpaired) electrons. The molecular formula is C36H30N2O2Zn. The van der Waals surface area contributed by atoms with Gasteiger partial charge in [0.05, 0.1) is 0 Å². The molecule has 0 bridgehead atoms. The van der Waals surface area contributed by atoms with Crippen LogP contribution in [0, 0.1) is 14.1 Å². The van der Waals surface area contributed by atoms with Gasteiger partial charge >= 0.3 is 0 Å². The number of nitrogens with zero attached hydrogens (tertiary/aromatic N) is 2. The van der Waals surface area contributed by atoms with E-state index < -0.39 is 0 Å². The first-order valence-electron chi connectivity index (χ1n) is 12.9. The van der Waals surface area contributed by atoms with Gasteiger partial charge in [-0.2, -0.15) is 0 Å². The smallest absolute Gasteiger partial charge is 0.154 e. The number of para-hydroxylation sites is 2. The first-order chi connectivity index (χ1) is 19.5. The average molecular weight is 588 g/mol. The van der Waals surface area contributed by atoms with Crippen LogP contribution in [0.1, 0.15) is 22.5 Å². The molecule has 2 N–H and O–H groups in total. The van der Waals surface area contributed by atoms with Gasteiger partial charge in [-0.1, -0.05) is 109 Å². The van der Waals surface area contributed by atoms with Gasteiger partial charge in [-0.3, -0.25) is 0 Å². The number of rotatable bonds is 4. The topological polar surface area (TPSA) is 48.2 Å². The van der Waals surface area contributed by atoms with Crippen molar-refractivity contribution in [3.05, 3.63) is 158 Å². The molecule has 41 heavy (non-hydrogen) atoms. The maximum absolute atomic E-state index is 9.98. The van der Waals surface area contributed by atoms with Crippen molar-refractivity contribution in [2.24, 2.45) is 0 Å². The van der Waals surface area contributed by atoms with E-state index in [1.807, 2.05) is 133 Å². The normalized spacial score (nSPS) is 10.9. The summed E-state index contributed by atoms with van der Waals surface area (Å²) in [6.07, 6.45) is 8.05. The van der Waals surface area contributed by atoms with Crippen LogP contribution in [0.15, 0.2) is 121 Å². The van der Waals surface area contributed by atoms with Crippen LogP contribution in [0.4, 0.5) is 0 Å². The molecule has 0 aliphatic heterocycles. The number of fused-ring (bicyclic) bond motifs is 2. The van der Waals surface area contributed by atoms with Crippen molar-refractivity contribution in [3.63, 3.8) is 0 Å². The third kappa shape index (κ3) is 6.84. The Morgan fingerprint density at radius 3 is 1.22 bits per heavy atom. The SMILES string of the molecule is [CH2-][n+]1c(/C=C/c2ccccc2)ccc2cccc(O)c21.[CH2-][n+]1c(/C=C/c2ccccc2)ccc2cccc(O)c21.[Zn]. The number of phenolic OH excluding ortho intramolecular Hbond substituents is 2. The van der Waals surface area contributed by atoms with Gasteiger partial charge in [-0.25, -0.2) is 0 Å². The minimum atomic E-state index is 0. The van der Waals surface area contributed by atoms with Crippen LogP contribution in [0.2, 0.25) is 0 Å². The summed E-state index contributed by atoms with van der Waals surface area (Å²) < 4.78 is 3.51. The fourth-order valence-corrected chi connectivity index (χ4v) is 4.53. The van der Waals surface area contributed by atoms with Crippen LogP contribution in [-0.4, -0.2) is 10.2 Å². The van der Waals surface area contributed by atoms with Crippen molar-refractivity contribution in [1.82, 2.24) is 0 Å². The Labute approximate surface area is 253 Å². The van der Waals surface area contributed by atoms with Crippen molar-refractivity contribution in [2.45, 2.75) is 0 Å². The molecule has 0 unspecified atom stereocenters. The van der Waals surface area contributed by atoms with Crippen molar-refractivity contribution in [1.29, 1.82) is 0 Å². The fourth-order valence-electron chi connectivity index (χ4n) is 4.53. The summed E-state index contributed by atoms with van der Waals surface area (Å²) in [7, 11) is 8.05. The van der Waals surface area contributed by atoms with E-state index in [1.54, 1.807) is 21.3 Å². The third-order valence-electron chi connectivity index (χ3n) is 6.61. The Kier molecular flexibility index (Phi) is 9.57. The van der Waals surface area contributed by atoms with Crippen molar-refractivity contribution < 1.29 is 38.8 Å². The van der Waals surface area contributed by atoms with Crippen molar-refractivity contribution >= 4 is 46.1 Å². The molecule has 5 heteroatoms. The average Bonchev–Trinajstić information content (AvgIpc) is 2.98. The molecule has 4 nitrogen and oxygen atoms in total. The Hall–Kier alpha value is -4.86. The second kappa shape index (κ2) is 13.5. The van der Waals surface area contributed by atoms with E-state index in [-0.39, 0.29) is 31.0 Å². The van der Waals surface area contributed by atoms with Crippen molar-refractivity contribution in [2.75, 3.05) is 0 Å². The van der Waals surface area contributed by atoms with Gasteiger partial charge in [0.1, 0.15) is 22.9 Å². The Bertz CT molecular complexity index is 1700. The van der Waals surface area contributed by atoms with Gasteiger partial charge in [-0.15, -0.1) is 0 Å². The fraction of sp³-hybridized carbons (Fsp3) is 0. The summed E-state index contributed by atoms with van der Waals surface area (Å²) in [4.78, 5) is 0. The maximum atomic E-state index is 9.98. The van der Waals surface area contributed by atoms with E-state index in [9.17, 15) is 10.2 Å². The molecule has 0 atom stereocenters. The summed E-state index contributed by atoms with van der Waals surface area (Å²) >= 11 is 0. The number of aromatic hydroxyl groups is 2. The summed E-state index contributed by atoms with van der Waals surface area (Å²) in [5.74, 6) is 0.486. The zero-order valence-corrected chi connectivity index (χ0v) is 25.7. The Balaban J connectivity index is 0.000000184. The van der Waals surface area contributed by atoms with Gasteiger partial charge in [0.25, 0.3) is 0 Å². The van der Waals surface area contributed by atoms with Crippen LogP contribution < -0.4 is 9.13 Å². The molecule has 0 amide bonds. The van der Waals surface area contributed by atoms with E-state index in [0.717, 1.165) is 44.3 Å². The molecule has 6 rings (SSSR count). The van der Waals surface area contributed by atoms with E-state index in [0.29, 0.717) is 0 Å². The Morgan fingerprint density at radius 1 is 0.439 bits per heavy atom. The molecular weight excluding hydrogens is 558 g/mol. The van der Waals surface area contributed by atoms with Crippen LogP contribution in [0.3, 0.4) is 0 Å².